The van der Waals surface area contributed by atoms with Crippen LogP contribution >= 0.6 is 24.0 Å². The largest absolute Gasteiger partial charge is 0.280 e. The lowest BCUT2D eigenvalue weighted by Crippen LogP contribution is -2.34. The number of halogens is 1. The third kappa shape index (κ3) is 2.13. The Morgan fingerprint density at radius 2 is 2.25 bits per heavy atom. The molecule has 0 unspecified atom stereocenters. The zero-order valence-corrected chi connectivity index (χ0v) is 9.65. The fourth-order valence-electron chi connectivity index (χ4n) is 1.23. The van der Waals surface area contributed by atoms with Gasteiger partial charge < -0.3 is 0 Å². The molecular weight excluding hydrogens is 247 g/mol. The third-order valence-corrected chi connectivity index (χ3v) is 3.30. The zero-order chi connectivity index (χ0) is 11.7. The predicted molar refractivity (Wildman–Crippen MR) is 65.6 cm³/mol. The van der Waals surface area contributed by atoms with Gasteiger partial charge in [-0.15, -0.1) is 0 Å². The molecular formula is C10H7FN2OS2. The molecule has 0 radical (unpaired) electrons. The van der Waals surface area contributed by atoms with Crippen molar-refractivity contribution in [3.05, 3.63) is 40.6 Å². The summed E-state index contributed by atoms with van der Waals surface area (Å²) in [6.07, 6.45) is 1.56. The highest BCUT2D eigenvalue weighted by Crippen LogP contribution is 2.30. The summed E-state index contributed by atoms with van der Waals surface area (Å²) in [5, 5.41) is 0.908. The molecule has 16 heavy (non-hydrogen) atoms. The topological polar surface area (TPSA) is 46.3 Å². The van der Waals surface area contributed by atoms with Crippen LogP contribution in [-0.4, -0.2) is 15.2 Å². The first-order valence-corrected chi connectivity index (χ1v) is 5.58. The van der Waals surface area contributed by atoms with Crippen LogP contribution in [0.3, 0.4) is 0 Å². The Morgan fingerprint density at radius 3 is 2.81 bits per heavy atom. The Hall–Kier alpha value is -1.24. The Kier molecular flexibility index (Phi) is 3.04. The van der Waals surface area contributed by atoms with E-state index in [-0.39, 0.29) is 11.7 Å². The quantitative estimate of drug-likeness (QED) is 0.360. The molecule has 0 bridgehead atoms. The van der Waals surface area contributed by atoms with Crippen LogP contribution in [0.1, 0.15) is 5.56 Å². The van der Waals surface area contributed by atoms with Gasteiger partial charge in [0.05, 0.1) is 4.91 Å². The number of rotatable bonds is 1. The normalized spacial score (nSPS) is 18.6. The fourth-order valence-corrected chi connectivity index (χ4v) is 2.33. The number of nitrogens with two attached hydrogens (primary N) is 1. The molecule has 3 nitrogen and oxygen atoms in total. The predicted octanol–water partition coefficient (Wildman–Crippen LogP) is 1.90. The molecule has 6 heteroatoms. The van der Waals surface area contributed by atoms with E-state index >= 15 is 0 Å². The van der Waals surface area contributed by atoms with Crippen LogP contribution in [-0.2, 0) is 4.79 Å². The highest BCUT2D eigenvalue weighted by Gasteiger charge is 2.29. The van der Waals surface area contributed by atoms with Crippen molar-refractivity contribution in [3.63, 3.8) is 0 Å². The molecule has 1 aromatic carbocycles. The van der Waals surface area contributed by atoms with Gasteiger partial charge in [0.25, 0.3) is 5.91 Å². The number of hydrogen-bond acceptors (Lipinski definition) is 4. The lowest BCUT2D eigenvalue weighted by atomic mass is 10.2. The summed E-state index contributed by atoms with van der Waals surface area (Å²) in [7, 11) is 0. The van der Waals surface area contributed by atoms with Crippen LogP contribution in [0.15, 0.2) is 29.2 Å². The second-order valence-electron chi connectivity index (χ2n) is 3.11. The zero-order valence-electron chi connectivity index (χ0n) is 8.01. The van der Waals surface area contributed by atoms with Gasteiger partial charge in [0, 0.05) is 0 Å². The first kappa shape index (κ1) is 11.3. The minimum absolute atomic E-state index is 0.299. The van der Waals surface area contributed by atoms with E-state index in [9.17, 15) is 9.18 Å². The van der Waals surface area contributed by atoms with Gasteiger partial charge in [-0.3, -0.25) is 4.79 Å². The molecule has 0 saturated carbocycles. The highest BCUT2D eigenvalue weighted by atomic mass is 32.2. The molecule has 1 amide bonds. The number of amides is 1. The first-order valence-electron chi connectivity index (χ1n) is 4.36. The lowest BCUT2D eigenvalue weighted by molar-refractivity contribution is -0.122. The van der Waals surface area contributed by atoms with Crippen LogP contribution in [0.4, 0.5) is 4.39 Å². The second kappa shape index (κ2) is 4.32. The summed E-state index contributed by atoms with van der Waals surface area (Å²) >= 11 is 5.97. The Bertz CT molecular complexity index is 501. The maximum Gasteiger partial charge on any atom is 0.280 e. The van der Waals surface area contributed by atoms with Crippen LogP contribution < -0.4 is 5.84 Å². The number of hydrazine groups is 1. The molecule has 0 atom stereocenters. The van der Waals surface area contributed by atoms with E-state index in [1.54, 1.807) is 18.2 Å². The molecule has 1 aromatic rings. The van der Waals surface area contributed by atoms with Crippen molar-refractivity contribution in [2.75, 3.05) is 0 Å². The molecule has 0 spiro atoms. The number of carbonyl (C=O) groups is 1. The van der Waals surface area contributed by atoms with Crippen molar-refractivity contribution in [3.8, 4) is 0 Å². The number of thioether (sulfide) groups is 1. The molecule has 1 heterocycles. The van der Waals surface area contributed by atoms with Crippen molar-refractivity contribution >= 4 is 40.3 Å². The average molecular weight is 254 g/mol. The third-order valence-electron chi connectivity index (χ3n) is 1.97. The number of thiocarbonyl (C=S) groups is 1. The van der Waals surface area contributed by atoms with E-state index in [1.807, 2.05) is 0 Å². The van der Waals surface area contributed by atoms with Gasteiger partial charge in [-0.05, 0) is 23.8 Å². The van der Waals surface area contributed by atoms with Crippen molar-refractivity contribution in [2.24, 2.45) is 5.84 Å². The second-order valence-corrected chi connectivity index (χ2v) is 4.78. The summed E-state index contributed by atoms with van der Waals surface area (Å²) in [6, 6.07) is 5.95. The summed E-state index contributed by atoms with van der Waals surface area (Å²) in [5.74, 6) is 4.69. The highest BCUT2D eigenvalue weighted by molar-refractivity contribution is 8.26. The molecule has 1 aliphatic heterocycles. The molecule has 82 valence electrons. The van der Waals surface area contributed by atoms with Crippen LogP contribution in [0.2, 0.25) is 0 Å². The van der Waals surface area contributed by atoms with E-state index in [2.05, 4.69) is 0 Å². The molecule has 1 saturated heterocycles. The summed E-state index contributed by atoms with van der Waals surface area (Å²) in [5.41, 5.74) is 0.606. The van der Waals surface area contributed by atoms with Gasteiger partial charge >= 0.3 is 0 Å². The number of carbonyl (C=O) groups excluding carboxylic acids is 1. The lowest BCUT2D eigenvalue weighted by Gasteiger charge is -2.02. The van der Waals surface area contributed by atoms with Crippen molar-refractivity contribution < 1.29 is 9.18 Å². The van der Waals surface area contributed by atoms with Gasteiger partial charge in [-0.25, -0.2) is 15.2 Å². The SMILES string of the molecule is NN1C(=O)/C(=C\c2cccc(F)c2)SC1=S. The maximum absolute atomic E-state index is 12.9. The minimum Gasteiger partial charge on any atom is -0.267 e. The van der Waals surface area contributed by atoms with E-state index < -0.39 is 0 Å². The standard InChI is InChI=1S/C10H7FN2OS2/c11-7-3-1-2-6(4-7)5-8-9(14)13(12)10(15)16-8/h1-5H,12H2/b8-5+. The Balaban J connectivity index is 2.33. The summed E-state index contributed by atoms with van der Waals surface area (Å²) in [6.45, 7) is 0. The van der Waals surface area contributed by atoms with Crippen molar-refractivity contribution in [1.29, 1.82) is 0 Å². The molecule has 1 aliphatic rings. The number of nitrogens with zero attached hydrogens (tertiary/aromatic N) is 1. The van der Waals surface area contributed by atoms with Gasteiger partial charge in [0.15, 0.2) is 4.32 Å². The number of hydrogen-bond donors (Lipinski definition) is 1. The minimum atomic E-state index is -0.362. The van der Waals surface area contributed by atoms with E-state index in [0.717, 1.165) is 16.8 Å². The molecule has 0 aliphatic carbocycles. The monoisotopic (exact) mass is 254 g/mol. The molecule has 2 rings (SSSR count). The van der Waals surface area contributed by atoms with E-state index in [4.69, 9.17) is 18.1 Å². The fraction of sp³-hybridized carbons (Fsp3) is 0. The molecule has 2 N–H and O–H groups in total. The van der Waals surface area contributed by atoms with Gasteiger partial charge in [-0.1, -0.05) is 36.1 Å². The average Bonchev–Trinajstić information content (AvgIpc) is 2.47. The summed E-state index contributed by atoms with van der Waals surface area (Å²) < 4.78 is 13.2. The number of benzene rings is 1. The van der Waals surface area contributed by atoms with Gasteiger partial charge in [0.1, 0.15) is 5.82 Å². The smallest absolute Gasteiger partial charge is 0.267 e. The Labute approximate surface area is 101 Å². The van der Waals surface area contributed by atoms with E-state index in [1.165, 1.54) is 12.1 Å². The van der Waals surface area contributed by atoms with E-state index in [0.29, 0.717) is 14.8 Å². The van der Waals surface area contributed by atoms with Crippen LogP contribution in [0.5, 0.6) is 0 Å². The molecule has 0 aromatic heterocycles. The van der Waals surface area contributed by atoms with Crippen molar-refractivity contribution in [1.82, 2.24) is 5.01 Å². The van der Waals surface area contributed by atoms with Crippen LogP contribution in [0.25, 0.3) is 6.08 Å². The van der Waals surface area contributed by atoms with Crippen molar-refractivity contribution in [2.45, 2.75) is 0 Å². The van der Waals surface area contributed by atoms with Crippen LogP contribution in [0, 0.1) is 5.82 Å². The maximum atomic E-state index is 12.9. The van der Waals surface area contributed by atoms with Gasteiger partial charge in [-0.2, -0.15) is 0 Å². The Morgan fingerprint density at radius 1 is 1.50 bits per heavy atom. The summed E-state index contributed by atoms with van der Waals surface area (Å²) in [4.78, 5) is 11.9. The van der Waals surface area contributed by atoms with Gasteiger partial charge in [0.2, 0.25) is 0 Å². The first-order chi connectivity index (χ1) is 7.58. The molecule has 1 fully saturated rings.